The zero-order valence-electron chi connectivity index (χ0n) is 15.1. The Kier molecular flexibility index (Phi) is 5.65. The maximum atomic E-state index is 12.7. The summed E-state index contributed by atoms with van der Waals surface area (Å²) in [5, 5.41) is 3.03. The van der Waals surface area contributed by atoms with E-state index in [0.29, 0.717) is 13.0 Å². The highest BCUT2D eigenvalue weighted by Gasteiger charge is 2.39. The largest absolute Gasteiger partial charge is 0.348 e. The van der Waals surface area contributed by atoms with E-state index in [0.717, 1.165) is 12.0 Å². The molecule has 0 bridgehead atoms. The topological polar surface area (TPSA) is 75.4 Å². The normalized spacial score (nSPS) is 20.5. The molecule has 1 fully saturated rings. The van der Waals surface area contributed by atoms with Gasteiger partial charge in [-0.3, -0.25) is 9.59 Å². The molecule has 1 aliphatic heterocycles. The summed E-state index contributed by atoms with van der Waals surface area (Å²) >= 11 is 0. The highest BCUT2D eigenvalue weighted by Crippen LogP contribution is 2.25. The minimum atomic E-state index is -0.600. The predicted octanol–water partition coefficient (Wildman–Crippen LogP) is 2.23. The molecular weight excluding hydrogens is 302 g/mol. The second kappa shape index (κ2) is 7.34. The molecule has 3 atom stereocenters. The Labute approximate surface area is 144 Å². The lowest BCUT2D eigenvalue weighted by atomic mass is 9.86. The molecular formula is C19H29N3O2. The first-order valence-electron chi connectivity index (χ1n) is 8.63. The van der Waals surface area contributed by atoms with E-state index in [9.17, 15) is 9.59 Å². The molecule has 24 heavy (non-hydrogen) atoms. The number of hydrogen-bond acceptors (Lipinski definition) is 3. The summed E-state index contributed by atoms with van der Waals surface area (Å²) in [6.45, 7) is 8.38. The monoisotopic (exact) mass is 331 g/mol. The lowest BCUT2D eigenvalue weighted by molar-refractivity contribution is -0.141. The van der Waals surface area contributed by atoms with Gasteiger partial charge in [0, 0.05) is 6.54 Å². The van der Waals surface area contributed by atoms with Crippen molar-refractivity contribution in [1.29, 1.82) is 0 Å². The van der Waals surface area contributed by atoms with Crippen LogP contribution in [0.4, 0.5) is 0 Å². The average molecular weight is 331 g/mol. The number of nitrogens with two attached hydrogens (primary N) is 1. The van der Waals surface area contributed by atoms with E-state index in [4.69, 9.17) is 5.73 Å². The van der Waals surface area contributed by atoms with Crippen LogP contribution in [0.15, 0.2) is 30.3 Å². The van der Waals surface area contributed by atoms with E-state index in [1.165, 1.54) is 0 Å². The Morgan fingerprint density at radius 3 is 2.46 bits per heavy atom. The summed E-state index contributed by atoms with van der Waals surface area (Å²) in [4.78, 5) is 27.0. The van der Waals surface area contributed by atoms with Crippen LogP contribution >= 0.6 is 0 Å². The SMILES string of the molecule is CC(NC(=O)C1CCCN1C(=O)C(N)C(C)(C)C)c1ccccc1. The molecule has 1 heterocycles. The third kappa shape index (κ3) is 4.15. The number of benzene rings is 1. The summed E-state index contributed by atoms with van der Waals surface area (Å²) < 4.78 is 0. The number of nitrogens with zero attached hydrogens (tertiary/aromatic N) is 1. The van der Waals surface area contributed by atoms with Crippen LogP contribution in [0.3, 0.4) is 0 Å². The smallest absolute Gasteiger partial charge is 0.243 e. The van der Waals surface area contributed by atoms with Crippen LogP contribution in [0.1, 0.15) is 52.1 Å². The van der Waals surface area contributed by atoms with E-state index in [-0.39, 0.29) is 23.3 Å². The van der Waals surface area contributed by atoms with E-state index in [1.807, 2.05) is 58.0 Å². The van der Waals surface area contributed by atoms with Crippen molar-refractivity contribution in [2.45, 2.75) is 58.7 Å². The van der Waals surface area contributed by atoms with E-state index in [1.54, 1.807) is 4.90 Å². The van der Waals surface area contributed by atoms with Crippen molar-refractivity contribution in [2.24, 2.45) is 11.1 Å². The van der Waals surface area contributed by atoms with Crippen molar-refractivity contribution < 1.29 is 9.59 Å². The second-order valence-electron chi connectivity index (χ2n) is 7.67. The quantitative estimate of drug-likeness (QED) is 0.888. The summed E-state index contributed by atoms with van der Waals surface area (Å²) in [5.74, 6) is -0.231. The summed E-state index contributed by atoms with van der Waals surface area (Å²) in [5.41, 5.74) is 6.83. The van der Waals surface area contributed by atoms with Crippen LogP contribution in [0.5, 0.6) is 0 Å². The van der Waals surface area contributed by atoms with Crippen molar-refractivity contribution in [3.05, 3.63) is 35.9 Å². The van der Waals surface area contributed by atoms with Crippen LogP contribution in [0.2, 0.25) is 0 Å². The maximum Gasteiger partial charge on any atom is 0.243 e. The minimum absolute atomic E-state index is 0.0902. The lowest BCUT2D eigenvalue weighted by Crippen LogP contribution is -2.55. The zero-order chi connectivity index (χ0) is 17.9. The fourth-order valence-corrected chi connectivity index (χ4v) is 2.99. The number of amides is 2. The first-order chi connectivity index (χ1) is 11.2. The number of likely N-dealkylation sites (tertiary alicyclic amines) is 1. The van der Waals surface area contributed by atoms with Gasteiger partial charge in [-0.2, -0.15) is 0 Å². The Balaban J connectivity index is 2.04. The highest BCUT2D eigenvalue weighted by atomic mass is 16.2. The van der Waals surface area contributed by atoms with Gasteiger partial charge in [0.25, 0.3) is 0 Å². The lowest BCUT2D eigenvalue weighted by Gasteiger charge is -2.33. The van der Waals surface area contributed by atoms with Crippen LogP contribution in [0, 0.1) is 5.41 Å². The average Bonchev–Trinajstić information content (AvgIpc) is 3.03. The number of carbonyl (C=O) groups excluding carboxylic acids is 2. The minimum Gasteiger partial charge on any atom is -0.348 e. The molecule has 0 aromatic heterocycles. The molecule has 1 aromatic rings. The van der Waals surface area contributed by atoms with Gasteiger partial charge in [0.05, 0.1) is 12.1 Å². The third-order valence-corrected chi connectivity index (χ3v) is 4.70. The fourth-order valence-electron chi connectivity index (χ4n) is 2.99. The zero-order valence-corrected chi connectivity index (χ0v) is 15.1. The molecule has 0 radical (unpaired) electrons. The molecule has 5 nitrogen and oxygen atoms in total. The first kappa shape index (κ1) is 18.5. The van der Waals surface area contributed by atoms with Gasteiger partial charge in [-0.25, -0.2) is 0 Å². The van der Waals surface area contributed by atoms with Crippen LogP contribution in [-0.4, -0.2) is 35.3 Å². The van der Waals surface area contributed by atoms with Gasteiger partial charge >= 0.3 is 0 Å². The molecule has 132 valence electrons. The van der Waals surface area contributed by atoms with Crippen LogP contribution in [-0.2, 0) is 9.59 Å². The Hall–Kier alpha value is -1.88. The molecule has 3 N–H and O–H groups in total. The van der Waals surface area contributed by atoms with Crippen molar-refractivity contribution >= 4 is 11.8 Å². The molecule has 0 aliphatic carbocycles. The number of carbonyl (C=O) groups is 2. The predicted molar refractivity (Wildman–Crippen MR) is 95.2 cm³/mol. The van der Waals surface area contributed by atoms with Crippen molar-refractivity contribution in [3.8, 4) is 0 Å². The fraction of sp³-hybridized carbons (Fsp3) is 0.579. The highest BCUT2D eigenvalue weighted by molar-refractivity contribution is 5.90. The summed E-state index contributed by atoms with van der Waals surface area (Å²) in [7, 11) is 0. The number of hydrogen-bond donors (Lipinski definition) is 2. The first-order valence-corrected chi connectivity index (χ1v) is 8.63. The molecule has 1 saturated heterocycles. The molecule has 5 heteroatoms. The summed E-state index contributed by atoms with van der Waals surface area (Å²) in [6, 6.07) is 8.71. The van der Waals surface area contributed by atoms with Crippen molar-refractivity contribution in [1.82, 2.24) is 10.2 Å². The second-order valence-corrected chi connectivity index (χ2v) is 7.67. The molecule has 2 rings (SSSR count). The number of nitrogens with one attached hydrogen (secondary N) is 1. The van der Waals surface area contributed by atoms with Gasteiger partial charge < -0.3 is 16.0 Å². The number of rotatable bonds is 4. The van der Waals surface area contributed by atoms with Gasteiger partial charge in [0.2, 0.25) is 11.8 Å². The molecule has 0 saturated carbocycles. The third-order valence-electron chi connectivity index (χ3n) is 4.70. The van der Waals surface area contributed by atoms with Gasteiger partial charge in [-0.1, -0.05) is 51.1 Å². The molecule has 2 amide bonds. The molecule has 1 aliphatic rings. The van der Waals surface area contributed by atoms with Crippen LogP contribution < -0.4 is 11.1 Å². The van der Waals surface area contributed by atoms with E-state index in [2.05, 4.69) is 5.32 Å². The molecule has 3 unspecified atom stereocenters. The van der Waals surface area contributed by atoms with Crippen molar-refractivity contribution in [3.63, 3.8) is 0 Å². The summed E-state index contributed by atoms with van der Waals surface area (Å²) in [6.07, 6.45) is 1.52. The van der Waals surface area contributed by atoms with Gasteiger partial charge in [-0.05, 0) is 30.7 Å². The van der Waals surface area contributed by atoms with Crippen LogP contribution in [0.25, 0.3) is 0 Å². The molecule has 1 aromatic carbocycles. The standard InChI is InChI=1S/C19H29N3O2/c1-13(14-9-6-5-7-10-14)21-17(23)15-11-8-12-22(15)18(24)16(20)19(2,3)4/h5-7,9-10,13,15-16H,8,11-12,20H2,1-4H3,(H,21,23). The Morgan fingerprint density at radius 2 is 1.88 bits per heavy atom. The van der Waals surface area contributed by atoms with Gasteiger partial charge in [0.15, 0.2) is 0 Å². The Bertz CT molecular complexity index is 580. The van der Waals surface area contributed by atoms with Gasteiger partial charge in [-0.15, -0.1) is 0 Å². The maximum absolute atomic E-state index is 12.7. The van der Waals surface area contributed by atoms with E-state index < -0.39 is 12.1 Å². The van der Waals surface area contributed by atoms with Gasteiger partial charge in [0.1, 0.15) is 6.04 Å². The molecule has 0 spiro atoms. The van der Waals surface area contributed by atoms with Crippen molar-refractivity contribution in [2.75, 3.05) is 6.54 Å². The Morgan fingerprint density at radius 1 is 1.25 bits per heavy atom. The van der Waals surface area contributed by atoms with E-state index >= 15 is 0 Å².